The molecule has 3 atom stereocenters. The molecule has 1 aliphatic heterocycles. The Labute approximate surface area is 206 Å². The molecule has 1 aromatic carbocycles. The molecule has 0 unspecified atom stereocenters. The first kappa shape index (κ1) is 25.1. The van der Waals surface area contributed by atoms with Crippen LogP contribution in [0.25, 0.3) is 0 Å². The van der Waals surface area contributed by atoms with Gasteiger partial charge in [-0.05, 0) is 48.9 Å². The van der Waals surface area contributed by atoms with Crippen molar-refractivity contribution in [3.63, 3.8) is 0 Å². The summed E-state index contributed by atoms with van der Waals surface area (Å²) in [6.45, 7) is -0.602. The summed E-state index contributed by atoms with van der Waals surface area (Å²) < 4.78 is 98.5. The van der Waals surface area contributed by atoms with Crippen LogP contribution in [0.5, 0.6) is 11.8 Å². The quantitative estimate of drug-likeness (QED) is 0.424. The van der Waals surface area contributed by atoms with E-state index in [1.165, 1.54) is 24.3 Å². The molecule has 3 heterocycles. The molecule has 2 fully saturated rings. The lowest BCUT2D eigenvalue weighted by Gasteiger charge is -2.39. The van der Waals surface area contributed by atoms with Crippen molar-refractivity contribution in [2.45, 2.75) is 37.8 Å². The molecule has 7 nitrogen and oxygen atoms in total. The van der Waals surface area contributed by atoms with Gasteiger partial charge in [0, 0.05) is 31.0 Å². The van der Waals surface area contributed by atoms with Crippen LogP contribution in [0.3, 0.4) is 0 Å². The highest BCUT2D eigenvalue weighted by Gasteiger charge is 2.43. The molecule has 198 valence electrons. The second kappa shape index (κ2) is 9.38. The van der Waals surface area contributed by atoms with Crippen molar-refractivity contribution < 1.29 is 35.5 Å². The van der Waals surface area contributed by atoms with Gasteiger partial charge in [-0.2, -0.15) is 31.3 Å². The number of para-hydroxylation sites is 1. The highest BCUT2D eigenvalue weighted by Crippen LogP contribution is 2.41. The Bertz CT molecular complexity index is 1250. The van der Waals surface area contributed by atoms with E-state index in [2.05, 4.69) is 20.4 Å². The molecular formula is C23H21F7N6O. The van der Waals surface area contributed by atoms with Crippen molar-refractivity contribution in [2.24, 2.45) is 11.8 Å². The lowest BCUT2D eigenvalue weighted by atomic mass is 9.92. The number of halogens is 7. The Morgan fingerprint density at radius 2 is 1.70 bits per heavy atom. The van der Waals surface area contributed by atoms with Crippen molar-refractivity contribution in [3.8, 4) is 11.8 Å². The van der Waals surface area contributed by atoms with E-state index < -0.39 is 36.4 Å². The lowest BCUT2D eigenvalue weighted by molar-refractivity contribution is -0.143. The number of benzene rings is 1. The number of hydrogen-bond acceptors (Lipinski definition) is 6. The maximum absolute atomic E-state index is 14.0. The fourth-order valence-electron chi connectivity index (χ4n) is 4.95. The van der Waals surface area contributed by atoms with Gasteiger partial charge >= 0.3 is 18.4 Å². The topological polar surface area (TPSA) is 68.1 Å². The standard InChI is InChI=1S/C23H21F7N6O/c24-16-3-1-2-4-17(16)37-21-33-20(34-36(21)12-22(25,26)27)32-19-13-5-6-14(19)11-35(10-13)15-7-8-31-18(9-15)23(28,29)30/h1-4,7-9,13-14,19H,5-6,10-12H2,(H,32,34)/t13-,14+,19+. The largest absolute Gasteiger partial charge is 0.433 e. The molecule has 14 heteroatoms. The Hall–Kier alpha value is -3.58. The summed E-state index contributed by atoms with van der Waals surface area (Å²) in [4.78, 5) is 9.31. The number of pyridine rings is 1. The van der Waals surface area contributed by atoms with Crippen LogP contribution >= 0.6 is 0 Å². The first-order valence-corrected chi connectivity index (χ1v) is 11.4. The molecule has 2 aliphatic rings. The molecule has 3 aromatic rings. The molecule has 2 aromatic heterocycles. The number of nitrogens with zero attached hydrogens (tertiary/aromatic N) is 5. The minimum Gasteiger partial charge on any atom is -0.421 e. The molecule has 1 aliphatic carbocycles. The fraction of sp³-hybridized carbons (Fsp3) is 0.435. The summed E-state index contributed by atoms with van der Waals surface area (Å²) >= 11 is 0. The molecule has 5 rings (SSSR count). The van der Waals surface area contributed by atoms with Gasteiger partial charge in [0.1, 0.15) is 12.2 Å². The number of ether oxygens (including phenoxy) is 1. The number of piperidine rings is 1. The first-order valence-electron chi connectivity index (χ1n) is 11.4. The third-order valence-electron chi connectivity index (χ3n) is 6.53. The van der Waals surface area contributed by atoms with Gasteiger partial charge < -0.3 is 15.0 Å². The molecule has 0 amide bonds. The van der Waals surface area contributed by atoms with Crippen LogP contribution < -0.4 is 15.0 Å². The molecule has 1 saturated heterocycles. The third-order valence-corrected chi connectivity index (χ3v) is 6.53. The van der Waals surface area contributed by atoms with Crippen LogP contribution in [0.4, 0.5) is 42.4 Å². The van der Waals surface area contributed by atoms with E-state index in [9.17, 15) is 30.7 Å². The average molecular weight is 530 g/mol. The van der Waals surface area contributed by atoms with Crippen molar-refractivity contribution in [1.29, 1.82) is 0 Å². The fourth-order valence-corrected chi connectivity index (χ4v) is 4.95. The smallest absolute Gasteiger partial charge is 0.421 e. The van der Waals surface area contributed by atoms with E-state index in [1.807, 2.05) is 4.90 Å². The summed E-state index contributed by atoms with van der Waals surface area (Å²) in [5.74, 6) is -1.18. The van der Waals surface area contributed by atoms with Gasteiger partial charge in [0.2, 0.25) is 5.95 Å². The second-order valence-electron chi connectivity index (χ2n) is 9.09. The number of fused-ring (bicyclic) bond motifs is 2. The van der Waals surface area contributed by atoms with Gasteiger partial charge in [-0.3, -0.25) is 4.98 Å². The van der Waals surface area contributed by atoms with E-state index in [-0.39, 0.29) is 29.6 Å². The SMILES string of the molecule is Fc1ccccc1Oc1nc(N[C@H]2[C@@H]3CC[C@H]2CN(c2ccnc(C(F)(F)F)c2)C3)nn1CC(F)(F)F. The summed E-state index contributed by atoms with van der Waals surface area (Å²) in [5, 5.41) is 7.00. The minimum absolute atomic E-state index is 0.00763. The van der Waals surface area contributed by atoms with Gasteiger partial charge in [-0.25, -0.2) is 9.07 Å². The van der Waals surface area contributed by atoms with Crippen molar-refractivity contribution >= 4 is 11.6 Å². The van der Waals surface area contributed by atoms with Gasteiger partial charge in [-0.1, -0.05) is 12.1 Å². The van der Waals surface area contributed by atoms with Gasteiger partial charge in [0.25, 0.3) is 0 Å². The Kier molecular flexibility index (Phi) is 6.36. The summed E-state index contributed by atoms with van der Waals surface area (Å²) in [5.41, 5.74) is -0.565. The Balaban J connectivity index is 1.34. The average Bonchev–Trinajstić information content (AvgIpc) is 3.27. The maximum Gasteiger partial charge on any atom is 0.433 e. The zero-order valence-corrected chi connectivity index (χ0v) is 19.1. The monoisotopic (exact) mass is 530 g/mol. The number of alkyl halides is 6. The van der Waals surface area contributed by atoms with E-state index in [4.69, 9.17) is 4.74 Å². The molecule has 37 heavy (non-hydrogen) atoms. The molecule has 1 N–H and O–H groups in total. The highest BCUT2D eigenvalue weighted by atomic mass is 19.4. The van der Waals surface area contributed by atoms with Crippen molar-refractivity contribution in [1.82, 2.24) is 19.7 Å². The maximum atomic E-state index is 14.0. The minimum atomic E-state index is -4.62. The molecule has 0 spiro atoms. The van der Waals surface area contributed by atoms with E-state index in [1.54, 1.807) is 0 Å². The number of nitrogens with one attached hydrogen (secondary N) is 1. The number of anilines is 2. The highest BCUT2D eigenvalue weighted by molar-refractivity contribution is 5.49. The van der Waals surface area contributed by atoms with E-state index >= 15 is 0 Å². The van der Waals surface area contributed by atoms with Crippen LogP contribution in [0, 0.1) is 17.7 Å². The molecule has 2 bridgehead atoms. The lowest BCUT2D eigenvalue weighted by Crippen LogP contribution is -2.48. The van der Waals surface area contributed by atoms with Gasteiger partial charge in [0.15, 0.2) is 11.6 Å². The second-order valence-corrected chi connectivity index (χ2v) is 9.09. The van der Waals surface area contributed by atoms with Crippen LogP contribution in [0.1, 0.15) is 18.5 Å². The number of rotatable bonds is 6. The Morgan fingerprint density at radius 3 is 2.35 bits per heavy atom. The molecular weight excluding hydrogens is 509 g/mol. The van der Waals surface area contributed by atoms with Crippen molar-refractivity contribution in [3.05, 3.63) is 54.1 Å². The first-order chi connectivity index (χ1) is 17.5. The normalized spacial score (nSPS) is 21.8. The molecule has 1 saturated carbocycles. The van der Waals surface area contributed by atoms with E-state index in [0.29, 0.717) is 23.5 Å². The van der Waals surface area contributed by atoms with E-state index in [0.717, 1.165) is 31.2 Å². The summed E-state index contributed by atoms with van der Waals surface area (Å²) in [6.07, 6.45) is -6.50. The zero-order valence-electron chi connectivity index (χ0n) is 19.1. The zero-order chi connectivity index (χ0) is 26.4. The number of hydrogen-bond donors (Lipinski definition) is 1. The van der Waals surface area contributed by atoms with Crippen LogP contribution in [0.15, 0.2) is 42.6 Å². The predicted molar refractivity (Wildman–Crippen MR) is 118 cm³/mol. The van der Waals surface area contributed by atoms with Crippen LogP contribution in [-0.2, 0) is 12.7 Å². The number of aromatic nitrogens is 4. The molecule has 0 radical (unpaired) electrons. The third kappa shape index (κ3) is 5.57. The van der Waals surface area contributed by atoms with Gasteiger partial charge in [0.05, 0.1) is 0 Å². The summed E-state index contributed by atoms with van der Waals surface area (Å²) in [6, 6.07) is 7.05. The summed E-state index contributed by atoms with van der Waals surface area (Å²) in [7, 11) is 0. The van der Waals surface area contributed by atoms with Gasteiger partial charge in [-0.15, -0.1) is 5.10 Å². The van der Waals surface area contributed by atoms with Crippen LogP contribution in [0.2, 0.25) is 0 Å². The predicted octanol–water partition coefficient (Wildman–Crippen LogP) is 5.51. The van der Waals surface area contributed by atoms with Crippen LogP contribution in [-0.4, -0.2) is 45.1 Å². The van der Waals surface area contributed by atoms with Crippen molar-refractivity contribution in [2.75, 3.05) is 23.3 Å². The Morgan fingerprint density at radius 1 is 1.00 bits per heavy atom.